The fourth-order valence-corrected chi connectivity index (χ4v) is 2.94. The molecule has 3 heteroatoms. The van der Waals surface area contributed by atoms with E-state index in [1.165, 1.54) is 0 Å². The van der Waals surface area contributed by atoms with Gasteiger partial charge in [0.05, 0.1) is 5.57 Å². The molecular formula is C15H23NO2. The zero-order chi connectivity index (χ0) is 13.5. The van der Waals surface area contributed by atoms with Crippen LogP contribution >= 0.6 is 0 Å². The van der Waals surface area contributed by atoms with Gasteiger partial charge in [-0.1, -0.05) is 17.7 Å². The highest BCUT2D eigenvalue weighted by molar-refractivity contribution is 5.93. The Bertz CT molecular complexity index is 415. The first-order chi connectivity index (χ1) is 8.29. The Morgan fingerprint density at radius 2 is 2.06 bits per heavy atom. The van der Waals surface area contributed by atoms with Gasteiger partial charge in [0, 0.05) is 6.04 Å². The van der Waals surface area contributed by atoms with Crippen LogP contribution in [-0.2, 0) is 9.53 Å². The molecule has 0 aromatic rings. The number of carbonyl (C=O) groups is 1. The maximum Gasteiger partial charge on any atom is 0.338 e. The molecule has 2 aliphatic rings. The molecule has 0 aromatic heterocycles. The van der Waals surface area contributed by atoms with Crippen LogP contribution in [0.1, 0.15) is 40.5 Å². The summed E-state index contributed by atoms with van der Waals surface area (Å²) in [5, 5.41) is 0. The standard InChI is InChI=1S/C15H23NO2/c1-9-10-7-8-13(16)12(10)6-5-11(9)14(17)18-15(2,3)4/h5-6,10,12-13H,7-8,16H2,1-4H3/t10?,12?,13-/m0/s1. The number of nitrogens with two attached hydrogens (primary N) is 1. The summed E-state index contributed by atoms with van der Waals surface area (Å²) in [5.41, 5.74) is 7.51. The smallest absolute Gasteiger partial charge is 0.338 e. The largest absolute Gasteiger partial charge is 0.456 e. The van der Waals surface area contributed by atoms with E-state index in [-0.39, 0.29) is 12.0 Å². The Balaban J connectivity index is 2.20. The summed E-state index contributed by atoms with van der Waals surface area (Å²) in [4.78, 5) is 12.1. The molecule has 18 heavy (non-hydrogen) atoms. The topological polar surface area (TPSA) is 52.3 Å². The van der Waals surface area contributed by atoms with E-state index in [0.29, 0.717) is 11.8 Å². The molecule has 0 spiro atoms. The van der Waals surface area contributed by atoms with Gasteiger partial charge in [-0.3, -0.25) is 0 Å². The summed E-state index contributed by atoms with van der Waals surface area (Å²) >= 11 is 0. The Kier molecular flexibility index (Phi) is 3.37. The fourth-order valence-electron chi connectivity index (χ4n) is 2.94. The Morgan fingerprint density at radius 3 is 2.67 bits per heavy atom. The minimum atomic E-state index is -0.443. The van der Waals surface area contributed by atoms with Crippen LogP contribution in [0.2, 0.25) is 0 Å². The quantitative estimate of drug-likeness (QED) is 0.727. The zero-order valence-electron chi connectivity index (χ0n) is 11.7. The van der Waals surface area contributed by atoms with Crippen LogP contribution in [0.15, 0.2) is 23.3 Å². The highest BCUT2D eigenvalue weighted by Gasteiger charge is 2.37. The summed E-state index contributed by atoms with van der Waals surface area (Å²) in [6, 6.07) is 0.237. The maximum atomic E-state index is 12.1. The van der Waals surface area contributed by atoms with Gasteiger partial charge in [-0.05, 0) is 52.4 Å². The second-order valence-corrected chi connectivity index (χ2v) is 6.38. The lowest BCUT2D eigenvalue weighted by molar-refractivity contribution is -0.149. The molecule has 1 fully saturated rings. The molecular weight excluding hydrogens is 226 g/mol. The van der Waals surface area contributed by atoms with E-state index in [1.54, 1.807) is 0 Å². The van der Waals surface area contributed by atoms with E-state index in [4.69, 9.17) is 10.5 Å². The van der Waals surface area contributed by atoms with Gasteiger partial charge < -0.3 is 10.5 Å². The Labute approximate surface area is 109 Å². The summed E-state index contributed by atoms with van der Waals surface area (Å²) in [6.07, 6.45) is 6.11. The predicted octanol–water partition coefficient (Wildman–Crippen LogP) is 2.57. The van der Waals surface area contributed by atoms with Crippen LogP contribution in [0, 0.1) is 11.8 Å². The molecule has 3 nitrogen and oxygen atoms in total. The van der Waals surface area contributed by atoms with Crippen molar-refractivity contribution in [2.75, 3.05) is 0 Å². The summed E-state index contributed by atoms with van der Waals surface area (Å²) in [7, 11) is 0. The van der Waals surface area contributed by atoms with Gasteiger partial charge in [-0.15, -0.1) is 0 Å². The van der Waals surface area contributed by atoms with Gasteiger partial charge in [0.25, 0.3) is 0 Å². The number of carbonyl (C=O) groups excluding carboxylic acids is 1. The van der Waals surface area contributed by atoms with Crippen molar-refractivity contribution in [2.24, 2.45) is 17.6 Å². The van der Waals surface area contributed by atoms with Crippen molar-refractivity contribution in [1.29, 1.82) is 0 Å². The van der Waals surface area contributed by atoms with Crippen molar-refractivity contribution in [3.63, 3.8) is 0 Å². The molecule has 0 amide bonds. The third-order valence-electron chi connectivity index (χ3n) is 3.85. The second kappa shape index (κ2) is 4.54. The molecule has 0 aliphatic heterocycles. The van der Waals surface area contributed by atoms with Gasteiger partial charge in [0.15, 0.2) is 0 Å². The molecule has 1 saturated carbocycles. The van der Waals surface area contributed by atoms with Crippen molar-refractivity contribution in [1.82, 2.24) is 0 Å². The van der Waals surface area contributed by atoms with Crippen LogP contribution in [0.3, 0.4) is 0 Å². The summed E-state index contributed by atoms with van der Waals surface area (Å²) < 4.78 is 5.44. The maximum absolute atomic E-state index is 12.1. The Hall–Kier alpha value is -1.09. The molecule has 2 unspecified atom stereocenters. The van der Waals surface area contributed by atoms with Crippen LogP contribution in [0.5, 0.6) is 0 Å². The van der Waals surface area contributed by atoms with Crippen molar-refractivity contribution >= 4 is 5.97 Å². The van der Waals surface area contributed by atoms with E-state index in [9.17, 15) is 4.79 Å². The normalized spacial score (nSPS) is 31.5. The number of esters is 1. The lowest BCUT2D eigenvalue weighted by Gasteiger charge is -2.27. The van der Waals surface area contributed by atoms with Gasteiger partial charge in [-0.2, -0.15) is 0 Å². The summed E-state index contributed by atoms with van der Waals surface area (Å²) in [5.74, 6) is 0.610. The van der Waals surface area contributed by atoms with E-state index in [0.717, 1.165) is 24.0 Å². The minimum absolute atomic E-state index is 0.213. The molecule has 3 atom stereocenters. The highest BCUT2D eigenvalue weighted by Crippen LogP contribution is 2.41. The van der Waals surface area contributed by atoms with E-state index in [2.05, 4.69) is 6.08 Å². The molecule has 2 rings (SSSR count). The molecule has 0 heterocycles. The molecule has 2 aliphatic carbocycles. The second-order valence-electron chi connectivity index (χ2n) is 6.38. The lowest BCUT2D eigenvalue weighted by atomic mass is 9.81. The van der Waals surface area contributed by atoms with Gasteiger partial charge in [0.2, 0.25) is 0 Å². The average Bonchev–Trinajstić information content (AvgIpc) is 2.59. The number of fused-ring (bicyclic) bond motifs is 1. The number of allylic oxidation sites excluding steroid dienone is 1. The average molecular weight is 249 g/mol. The minimum Gasteiger partial charge on any atom is -0.456 e. The van der Waals surface area contributed by atoms with Crippen molar-refractivity contribution in [3.05, 3.63) is 23.3 Å². The SMILES string of the molecule is CC1=C(C(=O)OC(C)(C)C)C=CC2C1CC[C@@H]2N. The number of ether oxygens (including phenoxy) is 1. The van der Waals surface area contributed by atoms with Crippen molar-refractivity contribution in [3.8, 4) is 0 Å². The highest BCUT2D eigenvalue weighted by atomic mass is 16.6. The van der Waals surface area contributed by atoms with Crippen molar-refractivity contribution in [2.45, 2.75) is 52.2 Å². The third kappa shape index (κ3) is 2.51. The molecule has 0 bridgehead atoms. The van der Waals surface area contributed by atoms with E-state index >= 15 is 0 Å². The molecule has 2 N–H and O–H groups in total. The summed E-state index contributed by atoms with van der Waals surface area (Å²) in [6.45, 7) is 7.71. The first kappa shape index (κ1) is 13.3. The number of rotatable bonds is 1. The number of hydrogen-bond donors (Lipinski definition) is 1. The first-order valence-electron chi connectivity index (χ1n) is 6.67. The monoisotopic (exact) mass is 249 g/mol. The number of hydrogen-bond acceptors (Lipinski definition) is 3. The predicted molar refractivity (Wildman–Crippen MR) is 71.9 cm³/mol. The molecule has 100 valence electrons. The van der Waals surface area contributed by atoms with Crippen LogP contribution in [-0.4, -0.2) is 17.6 Å². The molecule has 0 saturated heterocycles. The molecule has 0 radical (unpaired) electrons. The van der Waals surface area contributed by atoms with Crippen LogP contribution in [0.25, 0.3) is 0 Å². The van der Waals surface area contributed by atoms with E-state index in [1.807, 2.05) is 33.8 Å². The van der Waals surface area contributed by atoms with Crippen molar-refractivity contribution < 1.29 is 9.53 Å². The lowest BCUT2D eigenvalue weighted by Crippen LogP contribution is -2.30. The third-order valence-corrected chi connectivity index (χ3v) is 3.85. The van der Waals surface area contributed by atoms with Gasteiger partial charge in [0.1, 0.15) is 5.60 Å². The zero-order valence-corrected chi connectivity index (χ0v) is 11.7. The Morgan fingerprint density at radius 1 is 1.39 bits per heavy atom. The molecule has 0 aromatic carbocycles. The van der Waals surface area contributed by atoms with Gasteiger partial charge >= 0.3 is 5.97 Å². The fraction of sp³-hybridized carbons (Fsp3) is 0.667. The van der Waals surface area contributed by atoms with Crippen LogP contribution < -0.4 is 5.73 Å². The first-order valence-corrected chi connectivity index (χ1v) is 6.67. The van der Waals surface area contributed by atoms with Gasteiger partial charge in [-0.25, -0.2) is 4.79 Å². The van der Waals surface area contributed by atoms with Crippen LogP contribution in [0.4, 0.5) is 0 Å². The van der Waals surface area contributed by atoms with E-state index < -0.39 is 5.60 Å².